The number of hydrogen-bond acceptors (Lipinski definition) is 2. The quantitative estimate of drug-likeness (QED) is 0.736. The van der Waals surface area contributed by atoms with E-state index in [1.54, 1.807) is 7.11 Å². The largest absolute Gasteiger partial charge is 0.496 e. The van der Waals surface area contributed by atoms with E-state index in [1.165, 1.54) is 5.56 Å². The second-order valence-electron chi connectivity index (χ2n) is 2.66. The highest BCUT2D eigenvalue weighted by molar-refractivity contribution is 9.10. The molecule has 12 heavy (non-hydrogen) atoms. The maximum atomic E-state index is 5.39. The van der Waals surface area contributed by atoms with E-state index < -0.39 is 0 Å². The predicted octanol–water partition coefficient (Wildman–Crippen LogP) is 2.39. The normalized spacial score (nSPS) is 13.8. The summed E-state index contributed by atoms with van der Waals surface area (Å²) in [5, 5.41) is 0. The summed E-state index contributed by atoms with van der Waals surface area (Å²) in [4.78, 5) is 0. The lowest BCUT2D eigenvalue weighted by Crippen LogP contribution is -1.87. The maximum absolute atomic E-state index is 5.39. The van der Waals surface area contributed by atoms with Crippen molar-refractivity contribution in [2.24, 2.45) is 0 Å². The number of rotatable bonds is 1. The maximum Gasteiger partial charge on any atom is 0.133 e. The fraction of sp³-hybridized carbons (Fsp3) is 0.333. The highest BCUT2D eigenvalue weighted by Crippen LogP contribution is 2.37. The van der Waals surface area contributed by atoms with Gasteiger partial charge in [0.2, 0.25) is 0 Å². The van der Waals surface area contributed by atoms with E-state index in [1.807, 2.05) is 12.1 Å². The van der Waals surface area contributed by atoms with Crippen molar-refractivity contribution in [2.45, 2.75) is 6.42 Å². The highest BCUT2D eigenvalue weighted by atomic mass is 79.9. The van der Waals surface area contributed by atoms with Crippen LogP contribution < -0.4 is 9.47 Å². The molecule has 0 fully saturated rings. The van der Waals surface area contributed by atoms with Crippen molar-refractivity contribution in [1.82, 2.24) is 0 Å². The third-order valence-corrected chi connectivity index (χ3v) is 2.86. The first-order chi connectivity index (χ1) is 5.83. The second kappa shape index (κ2) is 2.98. The zero-order valence-electron chi connectivity index (χ0n) is 6.76. The van der Waals surface area contributed by atoms with Gasteiger partial charge in [-0.2, -0.15) is 0 Å². The molecule has 2 rings (SSSR count). The van der Waals surface area contributed by atoms with Gasteiger partial charge in [0.1, 0.15) is 11.5 Å². The number of methoxy groups -OCH3 is 1. The second-order valence-corrected chi connectivity index (χ2v) is 3.45. The average molecular weight is 229 g/mol. The van der Waals surface area contributed by atoms with Crippen molar-refractivity contribution in [2.75, 3.05) is 13.7 Å². The Morgan fingerprint density at radius 3 is 3.08 bits per heavy atom. The van der Waals surface area contributed by atoms with Crippen LogP contribution >= 0.6 is 15.9 Å². The molecule has 0 saturated carbocycles. The fourth-order valence-corrected chi connectivity index (χ4v) is 2.06. The summed E-state index contributed by atoms with van der Waals surface area (Å²) in [5.74, 6) is 1.85. The molecular weight excluding hydrogens is 220 g/mol. The summed E-state index contributed by atoms with van der Waals surface area (Å²) in [6, 6.07) is 3.86. The van der Waals surface area contributed by atoms with Crippen molar-refractivity contribution < 1.29 is 9.47 Å². The van der Waals surface area contributed by atoms with Gasteiger partial charge in [-0.25, -0.2) is 0 Å². The number of ether oxygens (including phenoxy) is 2. The lowest BCUT2D eigenvalue weighted by atomic mass is 10.1. The Balaban J connectivity index is 2.54. The molecule has 1 aromatic rings. The van der Waals surface area contributed by atoms with E-state index in [4.69, 9.17) is 9.47 Å². The molecule has 0 aliphatic carbocycles. The van der Waals surface area contributed by atoms with Crippen LogP contribution in [0.4, 0.5) is 0 Å². The van der Waals surface area contributed by atoms with Gasteiger partial charge in [0.05, 0.1) is 18.2 Å². The van der Waals surface area contributed by atoms with Gasteiger partial charge in [0, 0.05) is 12.0 Å². The van der Waals surface area contributed by atoms with Crippen LogP contribution in [0.2, 0.25) is 0 Å². The van der Waals surface area contributed by atoms with Gasteiger partial charge in [-0.15, -0.1) is 0 Å². The van der Waals surface area contributed by atoms with E-state index in [-0.39, 0.29) is 0 Å². The molecule has 0 spiro atoms. The molecule has 1 heterocycles. The van der Waals surface area contributed by atoms with Crippen molar-refractivity contribution in [3.8, 4) is 11.5 Å². The predicted molar refractivity (Wildman–Crippen MR) is 49.9 cm³/mol. The first-order valence-corrected chi connectivity index (χ1v) is 4.60. The molecule has 1 aromatic carbocycles. The van der Waals surface area contributed by atoms with Gasteiger partial charge in [0.25, 0.3) is 0 Å². The van der Waals surface area contributed by atoms with Crippen LogP contribution in [0, 0.1) is 0 Å². The van der Waals surface area contributed by atoms with Crippen LogP contribution in [-0.4, -0.2) is 13.7 Å². The molecule has 0 saturated heterocycles. The van der Waals surface area contributed by atoms with E-state index >= 15 is 0 Å². The Labute approximate surface area is 79.6 Å². The zero-order valence-corrected chi connectivity index (χ0v) is 8.35. The molecule has 64 valence electrons. The Morgan fingerprint density at radius 1 is 1.50 bits per heavy atom. The number of hydrogen-bond donors (Lipinski definition) is 0. The Morgan fingerprint density at radius 2 is 2.33 bits per heavy atom. The van der Waals surface area contributed by atoms with Crippen LogP contribution in [0.5, 0.6) is 11.5 Å². The lowest BCUT2D eigenvalue weighted by Gasteiger charge is -2.06. The summed E-state index contributed by atoms with van der Waals surface area (Å²) in [6.45, 7) is 0.779. The van der Waals surface area contributed by atoms with Crippen molar-refractivity contribution in [3.05, 3.63) is 22.2 Å². The first kappa shape index (κ1) is 7.92. The van der Waals surface area contributed by atoms with Gasteiger partial charge < -0.3 is 9.47 Å². The molecule has 1 aliphatic heterocycles. The zero-order chi connectivity index (χ0) is 8.55. The van der Waals surface area contributed by atoms with Gasteiger partial charge in [-0.1, -0.05) is 0 Å². The molecule has 0 atom stereocenters. The Bertz CT molecular complexity index is 310. The van der Waals surface area contributed by atoms with Crippen molar-refractivity contribution in [1.29, 1.82) is 0 Å². The minimum atomic E-state index is 0.779. The van der Waals surface area contributed by atoms with Gasteiger partial charge in [-0.05, 0) is 28.1 Å². The van der Waals surface area contributed by atoms with E-state index in [2.05, 4.69) is 15.9 Å². The highest BCUT2D eigenvalue weighted by Gasteiger charge is 2.17. The monoisotopic (exact) mass is 228 g/mol. The van der Waals surface area contributed by atoms with Crippen molar-refractivity contribution in [3.63, 3.8) is 0 Å². The summed E-state index contributed by atoms with van der Waals surface area (Å²) in [5.41, 5.74) is 1.22. The molecule has 3 heteroatoms. The molecule has 1 aliphatic rings. The lowest BCUT2D eigenvalue weighted by molar-refractivity contribution is 0.356. The minimum absolute atomic E-state index is 0.779. The van der Waals surface area contributed by atoms with Crippen LogP contribution in [0.25, 0.3) is 0 Å². The number of benzene rings is 1. The molecule has 0 amide bonds. The van der Waals surface area contributed by atoms with Gasteiger partial charge in [-0.3, -0.25) is 0 Å². The van der Waals surface area contributed by atoms with E-state index in [9.17, 15) is 0 Å². The first-order valence-electron chi connectivity index (χ1n) is 3.81. The Hall–Kier alpha value is -0.700. The topological polar surface area (TPSA) is 18.5 Å². The van der Waals surface area contributed by atoms with Crippen LogP contribution in [0.3, 0.4) is 0 Å². The summed E-state index contributed by atoms with van der Waals surface area (Å²) in [7, 11) is 1.67. The Kier molecular flexibility index (Phi) is 1.97. The molecule has 0 unspecified atom stereocenters. The van der Waals surface area contributed by atoms with Gasteiger partial charge >= 0.3 is 0 Å². The molecule has 0 aromatic heterocycles. The summed E-state index contributed by atoms with van der Waals surface area (Å²) in [6.07, 6.45) is 0.965. The summed E-state index contributed by atoms with van der Waals surface area (Å²) < 4.78 is 11.6. The molecular formula is C9H9BrO2. The number of fused-ring (bicyclic) bond motifs is 1. The summed E-state index contributed by atoms with van der Waals surface area (Å²) >= 11 is 3.49. The molecule has 2 nitrogen and oxygen atoms in total. The third kappa shape index (κ3) is 1.08. The molecule has 0 N–H and O–H groups in total. The van der Waals surface area contributed by atoms with Crippen LogP contribution in [-0.2, 0) is 6.42 Å². The average Bonchev–Trinajstić information content (AvgIpc) is 2.53. The van der Waals surface area contributed by atoms with E-state index in [0.29, 0.717) is 0 Å². The standard InChI is InChI=1S/C9H9BrO2/c1-11-8-3-2-7-6(9(8)10)4-5-12-7/h2-3H,4-5H2,1H3. The molecule has 0 radical (unpaired) electrons. The van der Waals surface area contributed by atoms with E-state index in [0.717, 1.165) is 29.0 Å². The SMILES string of the molecule is COc1ccc2c(c1Br)CCO2. The van der Waals surface area contributed by atoms with Crippen molar-refractivity contribution >= 4 is 15.9 Å². The number of halogens is 1. The van der Waals surface area contributed by atoms with Gasteiger partial charge in [0.15, 0.2) is 0 Å². The van der Waals surface area contributed by atoms with Crippen LogP contribution in [0.15, 0.2) is 16.6 Å². The minimum Gasteiger partial charge on any atom is -0.496 e. The van der Waals surface area contributed by atoms with Crippen LogP contribution in [0.1, 0.15) is 5.56 Å². The third-order valence-electron chi connectivity index (χ3n) is 1.99. The smallest absolute Gasteiger partial charge is 0.133 e. The molecule has 0 bridgehead atoms. The fourth-order valence-electron chi connectivity index (χ4n) is 1.37.